The van der Waals surface area contributed by atoms with E-state index in [0.717, 1.165) is 33.4 Å². The summed E-state index contributed by atoms with van der Waals surface area (Å²) in [5, 5.41) is 30.8. The fraction of sp³-hybridized carbons (Fsp3) is 0.310. The number of rotatable bonds is 7. The van der Waals surface area contributed by atoms with Crippen molar-refractivity contribution in [3.63, 3.8) is 0 Å². The van der Waals surface area contributed by atoms with E-state index in [-0.39, 0.29) is 22.6 Å². The Hall–Kier alpha value is -3.80. The second-order valence-corrected chi connectivity index (χ2v) is 8.80. The molecule has 0 aliphatic carbocycles. The smallest absolute Gasteiger partial charge is 0.341 e. The highest BCUT2D eigenvalue weighted by molar-refractivity contribution is 6.06. The lowest BCUT2D eigenvalue weighted by Gasteiger charge is -2.37. The zero-order valence-electron chi connectivity index (χ0n) is 20.4. The first kappa shape index (κ1) is 24.3. The average Bonchev–Trinajstić information content (AvgIpc) is 3.15. The minimum absolute atomic E-state index is 0.0364. The summed E-state index contributed by atoms with van der Waals surface area (Å²) < 4.78 is 6.37. The maximum absolute atomic E-state index is 13.5. The molecule has 1 aliphatic heterocycles. The van der Waals surface area contributed by atoms with E-state index in [1.165, 1.54) is 6.07 Å². The van der Waals surface area contributed by atoms with Gasteiger partial charge in [-0.15, -0.1) is 0 Å². The molecule has 0 aromatic heterocycles. The summed E-state index contributed by atoms with van der Waals surface area (Å²) in [6.07, 6.45) is 2.24. The fourth-order valence-electron chi connectivity index (χ4n) is 5.50. The standard InChI is InChI=1S/C29H30O6/c1-5-16-12-20(30)13-17(6-2)25(16)29(26-18(7-3)14-21(31)15-19(26)8-4)23-11-9-10-22(27(32)33)24(23)28(34)35-29/h9-15,30-31H,5-8H2,1-4H3,(H,32,33). The molecule has 3 aromatic rings. The zero-order chi connectivity index (χ0) is 25.5. The summed E-state index contributed by atoms with van der Waals surface area (Å²) >= 11 is 0. The molecule has 0 atom stereocenters. The summed E-state index contributed by atoms with van der Waals surface area (Å²) in [5.41, 5.74) is 3.67. The van der Waals surface area contributed by atoms with Gasteiger partial charge in [0.1, 0.15) is 11.5 Å². The van der Waals surface area contributed by atoms with E-state index in [4.69, 9.17) is 4.74 Å². The van der Waals surface area contributed by atoms with E-state index >= 15 is 0 Å². The molecule has 0 spiro atoms. The van der Waals surface area contributed by atoms with Crippen LogP contribution in [-0.4, -0.2) is 27.3 Å². The minimum Gasteiger partial charge on any atom is -0.508 e. The number of ether oxygens (including phenoxy) is 1. The number of cyclic esters (lactones) is 1. The van der Waals surface area contributed by atoms with Gasteiger partial charge in [-0.2, -0.15) is 0 Å². The van der Waals surface area contributed by atoms with Crippen molar-refractivity contribution < 1.29 is 29.6 Å². The van der Waals surface area contributed by atoms with Gasteiger partial charge < -0.3 is 20.1 Å². The number of carbonyl (C=O) groups is 2. The van der Waals surface area contributed by atoms with E-state index in [1.807, 2.05) is 27.7 Å². The number of benzene rings is 3. The molecule has 0 saturated carbocycles. The van der Waals surface area contributed by atoms with Crippen molar-refractivity contribution in [2.24, 2.45) is 0 Å². The monoisotopic (exact) mass is 474 g/mol. The van der Waals surface area contributed by atoms with Crippen LogP contribution in [0.4, 0.5) is 0 Å². The highest BCUT2D eigenvalue weighted by atomic mass is 16.6. The normalized spacial score (nSPS) is 14.0. The molecule has 0 amide bonds. The predicted molar refractivity (Wildman–Crippen MR) is 132 cm³/mol. The molecule has 3 N–H and O–H groups in total. The number of phenols is 2. The van der Waals surface area contributed by atoms with Crippen LogP contribution >= 0.6 is 0 Å². The second kappa shape index (κ2) is 9.10. The Morgan fingerprint density at radius 2 is 1.23 bits per heavy atom. The molecule has 0 bridgehead atoms. The number of aryl methyl sites for hydroxylation is 4. The Morgan fingerprint density at radius 1 is 0.800 bits per heavy atom. The molecule has 6 heteroatoms. The number of carboxylic acid groups (broad SMARTS) is 1. The third-order valence-corrected chi connectivity index (χ3v) is 6.92. The molecular formula is C29H30O6. The number of esters is 1. The van der Waals surface area contributed by atoms with Gasteiger partial charge in [0.15, 0.2) is 5.60 Å². The summed E-state index contributed by atoms with van der Waals surface area (Å²) in [6.45, 7) is 7.87. The highest BCUT2D eigenvalue weighted by Gasteiger charge is 2.53. The lowest BCUT2D eigenvalue weighted by atomic mass is 9.71. The molecule has 0 unspecified atom stereocenters. The van der Waals surface area contributed by atoms with Gasteiger partial charge in [-0.1, -0.05) is 39.8 Å². The quantitative estimate of drug-likeness (QED) is 0.390. The number of aromatic carboxylic acids is 1. The molecule has 0 fully saturated rings. The van der Waals surface area contributed by atoms with Gasteiger partial charge in [0.2, 0.25) is 0 Å². The summed E-state index contributed by atoms with van der Waals surface area (Å²) in [6, 6.07) is 11.5. The van der Waals surface area contributed by atoms with Crippen molar-refractivity contribution in [2.45, 2.75) is 59.0 Å². The van der Waals surface area contributed by atoms with Gasteiger partial charge in [0.05, 0.1) is 11.1 Å². The lowest BCUT2D eigenvalue weighted by molar-refractivity contribution is 0.0240. The van der Waals surface area contributed by atoms with Crippen LogP contribution in [0.3, 0.4) is 0 Å². The van der Waals surface area contributed by atoms with E-state index < -0.39 is 17.5 Å². The zero-order valence-corrected chi connectivity index (χ0v) is 20.4. The average molecular weight is 475 g/mol. The van der Waals surface area contributed by atoms with Gasteiger partial charge in [0.25, 0.3) is 0 Å². The van der Waals surface area contributed by atoms with Crippen LogP contribution in [0, 0.1) is 0 Å². The van der Waals surface area contributed by atoms with E-state index in [1.54, 1.807) is 36.4 Å². The van der Waals surface area contributed by atoms with Gasteiger partial charge in [-0.3, -0.25) is 0 Å². The number of fused-ring (bicyclic) bond motifs is 1. The summed E-state index contributed by atoms with van der Waals surface area (Å²) in [7, 11) is 0. The van der Waals surface area contributed by atoms with E-state index in [2.05, 4.69) is 0 Å². The Balaban J connectivity index is 2.29. The Morgan fingerprint density at radius 3 is 1.60 bits per heavy atom. The predicted octanol–water partition coefficient (Wildman–Crippen LogP) is 5.51. The first-order chi connectivity index (χ1) is 16.7. The van der Waals surface area contributed by atoms with Gasteiger partial charge >= 0.3 is 11.9 Å². The van der Waals surface area contributed by atoms with Gasteiger partial charge in [-0.05, 0) is 78.3 Å². The van der Waals surface area contributed by atoms with Gasteiger partial charge in [0, 0.05) is 16.7 Å². The molecule has 0 radical (unpaired) electrons. The maximum atomic E-state index is 13.5. The number of carboxylic acids is 1. The maximum Gasteiger partial charge on any atom is 0.341 e. The third-order valence-electron chi connectivity index (χ3n) is 6.92. The van der Waals surface area contributed by atoms with Crippen molar-refractivity contribution in [2.75, 3.05) is 0 Å². The number of phenolic OH excluding ortho intramolecular Hbond substituents is 2. The van der Waals surface area contributed by atoms with Crippen LogP contribution in [0.15, 0.2) is 42.5 Å². The Kier molecular flexibility index (Phi) is 6.32. The van der Waals surface area contributed by atoms with Crippen molar-refractivity contribution in [1.82, 2.24) is 0 Å². The van der Waals surface area contributed by atoms with E-state index in [9.17, 15) is 24.9 Å². The second-order valence-electron chi connectivity index (χ2n) is 8.80. The summed E-state index contributed by atoms with van der Waals surface area (Å²) in [5.74, 6) is -1.66. The third kappa shape index (κ3) is 3.64. The van der Waals surface area contributed by atoms with Crippen LogP contribution in [0.1, 0.15) is 87.4 Å². The van der Waals surface area contributed by atoms with Crippen molar-refractivity contribution in [3.05, 3.63) is 92.5 Å². The van der Waals surface area contributed by atoms with Crippen LogP contribution in [-0.2, 0) is 36.0 Å². The van der Waals surface area contributed by atoms with Crippen LogP contribution in [0.2, 0.25) is 0 Å². The van der Waals surface area contributed by atoms with Gasteiger partial charge in [-0.25, -0.2) is 9.59 Å². The van der Waals surface area contributed by atoms with Crippen molar-refractivity contribution in [1.29, 1.82) is 0 Å². The van der Waals surface area contributed by atoms with Crippen LogP contribution in [0.5, 0.6) is 11.5 Å². The molecular weight excluding hydrogens is 444 g/mol. The molecule has 182 valence electrons. The SMILES string of the molecule is CCc1cc(O)cc(CC)c1C1(c2c(CC)cc(O)cc2CC)OC(=O)c2c(C(=O)O)cccc21. The Bertz CT molecular complexity index is 1230. The van der Waals surface area contributed by atoms with Crippen LogP contribution < -0.4 is 0 Å². The van der Waals surface area contributed by atoms with Crippen molar-refractivity contribution >= 4 is 11.9 Å². The molecule has 35 heavy (non-hydrogen) atoms. The largest absolute Gasteiger partial charge is 0.508 e. The first-order valence-electron chi connectivity index (χ1n) is 12.0. The molecule has 6 nitrogen and oxygen atoms in total. The number of carbonyl (C=O) groups excluding carboxylic acids is 1. The lowest BCUT2D eigenvalue weighted by Crippen LogP contribution is -2.34. The van der Waals surface area contributed by atoms with Crippen LogP contribution in [0.25, 0.3) is 0 Å². The molecule has 0 saturated heterocycles. The summed E-state index contributed by atoms with van der Waals surface area (Å²) in [4.78, 5) is 25.6. The fourth-order valence-corrected chi connectivity index (χ4v) is 5.50. The topological polar surface area (TPSA) is 104 Å². The molecule has 1 aliphatic rings. The Labute approximate surface area is 204 Å². The first-order valence-corrected chi connectivity index (χ1v) is 12.0. The highest BCUT2D eigenvalue weighted by Crippen LogP contribution is 2.53. The van der Waals surface area contributed by atoms with E-state index in [0.29, 0.717) is 31.2 Å². The molecule has 1 heterocycles. The number of hydrogen-bond donors (Lipinski definition) is 3. The molecule has 4 rings (SSSR count). The molecule has 3 aromatic carbocycles. The minimum atomic E-state index is -1.42. The van der Waals surface area contributed by atoms with Crippen molar-refractivity contribution in [3.8, 4) is 11.5 Å². The number of hydrogen-bond acceptors (Lipinski definition) is 5. The number of aromatic hydroxyl groups is 2.